The molecule has 1 heterocycles. The smallest absolute Gasteiger partial charge is 0.122 e. The Morgan fingerprint density at radius 1 is 1.27 bits per heavy atom. The van der Waals surface area contributed by atoms with Crippen LogP contribution in [0.4, 0.5) is 0 Å². The Hall–Kier alpha value is -1.02. The molecule has 1 aromatic rings. The van der Waals surface area contributed by atoms with Crippen LogP contribution in [0, 0.1) is 6.92 Å². The number of hydrogen-bond donors (Lipinski definition) is 1. The van der Waals surface area contributed by atoms with Gasteiger partial charge in [-0.1, -0.05) is 18.2 Å². The van der Waals surface area contributed by atoms with Crippen LogP contribution in [-0.2, 0) is 0 Å². The fraction of sp³-hybridized carbons (Fsp3) is 0.538. The van der Waals surface area contributed by atoms with Crippen LogP contribution in [0.2, 0.25) is 0 Å². The SMILES string of the molecule is Cc1ccccc1OC1CCCCNC1. The quantitative estimate of drug-likeness (QED) is 0.801. The van der Waals surface area contributed by atoms with Gasteiger partial charge in [0.05, 0.1) is 0 Å². The van der Waals surface area contributed by atoms with Crippen molar-refractivity contribution in [1.29, 1.82) is 0 Å². The maximum Gasteiger partial charge on any atom is 0.122 e. The Morgan fingerprint density at radius 3 is 3.00 bits per heavy atom. The van der Waals surface area contributed by atoms with Crippen molar-refractivity contribution < 1.29 is 4.74 Å². The van der Waals surface area contributed by atoms with Crippen molar-refractivity contribution in [2.75, 3.05) is 13.1 Å². The molecule has 1 N–H and O–H groups in total. The molecule has 1 fully saturated rings. The predicted octanol–water partition coefficient (Wildman–Crippen LogP) is 2.52. The fourth-order valence-corrected chi connectivity index (χ4v) is 1.96. The van der Waals surface area contributed by atoms with Gasteiger partial charge in [-0.15, -0.1) is 0 Å². The van der Waals surface area contributed by atoms with E-state index in [1.807, 2.05) is 12.1 Å². The van der Waals surface area contributed by atoms with E-state index in [2.05, 4.69) is 24.4 Å². The molecule has 0 saturated carbocycles. The lowest BCUT2D eigenvalue weighted by Crippen LogP contribution is -2.29. The van der Waals surface area contributed by atoms with Crippen LogP contribution in [0.25, 0.3) is 0 Å². The van der Waals surface area contributed by atoms with Crippen LogP contribution in [0.1, 0.15) is 24.8 Å². The maximum atomic E-state index is 6.00. The van der Waals surface area contributed by atoms with Crippen molar-refractivity contribution in [3.63, 3.8) is 0 Å². The fourth-order valence-electron chi connectivity index (χ4n) is 1.96. The molecule has 1 saturated heterocycles. The van der Waals surface area contributed by atoms with Gasteiger partial charge in [0.2, 0.25) is 0 Å². The van der Waals surface area contributed by atoms with Crippen LogP contribution in [0.15, 0.2) is 24.3 Å². The summed E-state index contributed by atoms with van der Waals surface area (Å²) in [6.45, 7) is 4.21. The van der Waals surface area contributed by atoms with E-state index in [0.717, 1.165) is 18.8 Å². The van der Waals surface area contributed by atoms with Gasteiger partial charge >= 0.3 is 0 Å². The van der Waals surface area contributed by atoms with Gasteiger partial charge in [-0.3, -0.25) is 0 Å². The van der Waals surface area contributed by atoms with Gasteiger partial charge in [0.25, 0.3) is 0 Å². The molecule has 1 unspecified atom stereocenters. The van der Waals surface area contributed by atoms with Crippen LogP contribution < -0.4 is 10.1 Å². The molecule has 1 aromatic carbocycles. The Balaban J connectivity index is 1.98. The van der Waals surface area contributed by atoms with Crippen molar-refractivity contribution in [3.05, 3.63) is 29.8 Å². The zero-order valence-electron chi connectivity index (χ0n) is 9.33. The van der Waals surface area contributed by atoms with Crippen molar-refractivity contribution in [1.82, 2.24) is 5.32 Å². The Morgan fingerprint density at radius 2 is 2.13 bits per heavy atom. The lowest BCUT2D eigenvalue weighted by molar-refractivity contribution is 0.193. The molecule has 2 nitrogen and oxygen atoms in total. The second-order valence-corrected chi connectivity index (χ2v) is 4.21. The molecular formula is C13H19NO. The van der Waals surface area contributed by atoms with Gasteiger partial charge < -0.3 is 10.1 Å². The van der Waals surface area contributed by atoms with E-state index in [1.54, 1.807) is 0 Å². The first-order valence-electron chi connectivity index (χ1n) is 5.79. The Labute approximate surface area is 91.6 Å². The summed E-state index contributed by atoms with van der Waals surface area (Å²) >= 11 is 0. The second-order valence-electron chi connectivity index (χ2n) is 4.21. The molecule has 0 aliphatic carbocycles. The monoisotopic (exact) mass is 205 g/mol. The highest BCUT2D eigenvalue weighted by Crippen LogP contribution is 2.19. The van der Waals surface area contributed by atoms with E-state index in [1.165, 1.54) is 24.8 Å². The van der Waals surface area contributed by atoms with Crippen LogP contribution in [0.5, 0.6) is 5.75 Å². The molecule has 15 heavy (non-hydrogen) atoms. The number of para-hydroxylation sites is 1. The highest BCUT2D eigenvalue weighted by atomic mass is 16.5. The first-order valence-corrected chi connectivity index (χ1v) is 5.79. The highest BCUT2D eigenvalue weighted by Gasteiger charge is 2.13. The highest BCUT2D eigenvalue weighted by molar-refractivity contribution is 5.31. The van der Waals surface area contributed by atoms with Gasteiger partial charge in [0.1, 0.15) is 11.9 Å². The van der Waals surface area contributed by atoms with Crippen LogP contribution in [-0.4, -0.2) is 19.2 Å². The van der Waals surface area contributed by atoms with Crippen molar-refractivity contribution in [2.24, 2.45) is 0 Å². The molecule has 1 atom stereocenters. The van der Waals surface area contributed by atoms with E-state index >= 15 is 0 Å². The largest absolute Gasteiger partial charge is 0.489 e. The molecule has 1 aliphatic rings. The Bertz CT molecular complexity index is 303. The molecule has 0 bridgehead atoms. The minimum atomic E-state index is 0.341. The molecule has 0 amide bonds. The molecule has 0 aromatic heterocycles. The number of benzene rings is 1. The lowest BCUT2D eigenvalue weighted by atomic mass is 10.2. The topological polar surface area (TPSA) is 21.3 Å². The van der Waals surface area contributed by atoms with Crippen molar-refractivity contribution in [2.45, 2.75) is 32.3 Å². The Kier molecular flexibility index (Phi) is 3.62. The average molecular weight is 205 g/mol. The van der Waals surface area contributed by atoms with Crippen molar-refractivity contribution in [3.8, 4) is 5.75 Å². The molecule has 2 rings (SSSR count). The minimum Gasteiger partial charge on any atom is -0.489 e. The number of nitrogens with one attached hydrogen (secondary N) is 1. The summed E-state index contributed by atoms with van der Waals surface area (Å²) in [6.07, 6.45) is 4.05. The van der Waals surface area contributed by atoms with E-state index in [-0.39, 0.29) is 0 Å². The maximum absolute atomic E-state index is 6.00. The summed E-state index contributed by atoms with van der Waals surface area (Å²) in [5.41, 5.74) is 1.22. The van der Waals surface area contributed by atoms with E-state index < -0.39 is 0 Å². The van der Waals surface area contributed by atoms with Crippen LogP contribution >= 0.6 is 0 Å². The predicted molar refractivity (Wildman–Crippen MR) is 62.3 cm³/mol. The van der Waals surface area contributed by atoms with Crippen molar-refractivity contribution >= 4 is 0 Å². The first-order chi connectivity index (χ1) is 7.36. The zero-order chi connectivity index (χ0) is 10.5. The number of ether oxygens (including phenoxy) is 1. The third-order valence-electron chi connectivity index (χ3n) is 2.89. The van der Waals surface area contributed by atoms with E-state index in [9.17, 15) is 0 Å². The number of hydrogen-bond acceptors (Lipinski definition) is 2. The lowest BCUT2D eigenvalue weighted by Gasteiger charge is -2.18. The van der Waals surface area contributed by atoms with Gasteiger partial charge in [0.15, 0.2) is 0 Å². The van der Waals surface area contributed by atoms with Gasteiger partial charge in [-0.05, 0) is 44.4 Å². The minimum absolute atomic E-state index is 0.341. The van der Waals surface area contributed by atoms with Gasteiger partial charge in [0, 0.05) is 6.54 Å². The summed E-state index contributed by atoms with van der Waals surface area (Å²) < 4.78 is 6.00. The molecule has 82 valence electrons. The first kappa shape index (κ1) is 10.5. The normalized spacial score (nSPS) is 22.1. The number of rotatable bonds is 2. The summed E-state index contributed by atoms with van der Waals surface area (Å²) in [4.78, 5) is 0. The summed E-state index contributed by atoms with van der Waals surface area (Å²) in [5.74, 6) is 1.03. The molecule has 1 aliphatic heterocycles. The second kappa shape index (κ2) is 5.17. The molecule has 2 heteroatoms. The third kappa shape index (κ3) is 2.96. The third-order valence-corrected chi connectivity index (χ3v) is 2.89. The standard InChI is InChI=1S/C13H19NO/c1-11-6-2-3-8-13(11)15-12-7-4-5-9-14-10-12/h2-3,6,8,12,14H,4-5,7,9-10H2,1H3. The number of aryl methyl sites for hydroxylation is 1. The molecule has 0 radical (unpaired) electrons. The van der Waals surface area contributed by atoms with Crippen LogP contribution in [0.3, 0.4) is 0 Å². The van der Waals surface area contributed by atoms with E-state index in [0.29, 0.717) is 6.10 Å². The summed E-state index contributed by atoms with van der Waals surface area (Å²) in [5, 5.41) is 3.41. The summed E-state index contributed by atoms with van der Waals surface area (Å²) in [6, 6.07) is 8.24. The molecule has 0 spiro atoms. The zero-order valence-corrected chi connectivity index (χ0v) is 9.33. The van der Waals surface area contributed by atoms with Gasteiger partial charge in [-0.2, -0.15) is 0 Å². The van der Waals surface area contributed by atoms with E-state index in [4.69, 9.17) is 4.74 Å². The van der Waals surface area contributed by atoms with Gasteiger partial charge in [-0.25, -0.2) is 0 Å². The molecular weight excluding hydrogens is 186 g/mol. The average Bonchev–Trinajstić information content (AvgIpc) is 2.50. The summed E-state index contributed by atoms with van der Waals surface area (Å²) in [7, 11) is 0.